The average Bonchev–Trinajstić information content (AvgIpc) is 3.66. The lowest BCUT2D eigenvalue weighted by Gasteiger charge is -2.40. The van der Waals surface area contributed by atoms with E-state index < -0.39 is 16.7 Å². The molecule has 0 aromatic carbocycles. The van der Waals surface area contributed by atoms with Crippen LogP contribution in [0.1, 0.15) is 70.7 Å². The summed E-state index contributed by atoms with van der Waals surface area (Å²) in [6, 6.07) is 1.25. The van der Waals surface area contributed by atoms with E-state index in [1.165, 1.54) is 29.8 Å². The molecule has 9 nitrogen and oxygen atoms in total. The Labute approximate surface area is 221 Å². The molecule has 5 rings (SSSR count). The number of hydrogen-bond acceptors (Lipinski definition) is 7. The van der Waals surface area contributed by atoms with Crippen molar-refractivity contribution in [1.82, 2.24) is 24.3 Å². The Bertz CT molecular complexity index is 1390. The largest absolute Gasteiger partial charge is 0.442 e. The van der Waals surface area contributed by atoms with Crippen molar-refractivity contribution in [3.63, 3.8) is 0 Å². The average molecular weight is 528 g/mol. The van der Waals surface area contributed by atoms with Gasteiger partial charge < -0.3 is 14.9 Å². The van der Waals surface area contributed by atoms with Crippen molar-refractivity contribution in [3.8, 4) is 5.69 Å². The van der Waals surface area contributed by atoms with E-state index >= 15 is 0 Å². The topological polar surface area (TPSA) is 91.3 Å². The van der Waals surface area contributed by atoms with Gasteiger partial charge in [0, 0.05) is 25.7 Å². The highest BCUT2D eigenvalue weighted by Crippen LogP contribution is 2.37. The molecule has 0 amide bonds. The Kier molecular flexibility index (Phi) is 6.87. The number of piperazine rings is 1. The van der Waals surface area contributed by atoms with E-state index in [4.69, 9.17) is 11.6 Å². The van der Waals surface area contributed by atoms with Gasteiger partial charge in [-0.2, -0.15) is 4.98 Å². The van der Waals surface area contributed by atoms with E-state index in [1.807, 2.05) is 32.6 Å². The summed E-state index contributed by atoms with van der Waals surface area (Å²) in [4.78, 5) is 31.5. The molecule has 1 N–H and O–H groups in total. The predicted molar refractivity (Wildman–Crippen MR) is 141 cm³/mol. The number of rotatable bonds is 6. The van der Waals surface area contributed by atoms with Gasteiger partial charge in [0.25, 0.3) is 5.15 Å². The molecule has 1 saturated heterocycles. The van der Waals surface area contributed by atoms with Gasteiger partial charge in [-0.25, -0.2) is 19.2 Å². The molecule has 1 radical (unpaired) electrons. The summed E-state index contributed by atoms with van der Waals surface area (Å²) in [5.41, 5.74) is 1.08. The minimum Gasteiger partial charge on any atom is -0.350 e. The van der Waals surface area contributed by atoms with E-state index in [2.05, 4.69) is 34.1 Å². The van der Waals surface area contributed by atoms with E-state index in [0.717, 1.165) is 13.1 Å². The van der Waals surface area contributed by atoms with Crippen LogP contribution in [0.15, 0.2) is 17.2 Å². The number of pyridine rings is 1. The van der Waals surface area contributed by atoms with Gasteiger partial charge >= 0.3 is 11.3 Å². The first-order chi connectivity index (χ1) is 17.6. The number of fused-ring (bicyclic) bond motifs is 1. The Balaban J connectivity index is 1.75. The third-order valence-corrected chi connectivity index (χ3v) is 7.45. The van der Waals surface area contributed by atoms with Crippen LogP contribution < -0.4 is 15.3 Å². The molecule has 0 bridgehead atoms. The predicted octanol–water partition coefficient (Wildman–Crippen LogP) is 3.45. The normalized spacial score (nSPS) is 18.8. The molecule has 2 fully saturated rings. The van der Waals surface area contributed by atoms with Gasteiger partial charge in [0.15, 0.2) is 17.3 Å². The van der Waals surface area contributed by atoms with Gasteiger partial charge in [-0.1, -0.05) is 46.4 Å². The molecular formula is C25H32BClFN7O2+. The maximum Gasteiger partial charge on any atom is 0.442 e. The van der Waals surface area contributed by atoms with E-state index in [-0.39, 0.29) is 28.9 Å². The fraction of sp³-hybridized carbons (Fsp3) is 0.560. The maximum absolute atomic E-state index is 14.9. The van der Waals surface area contributed by atoms with Crippen LogP contribution in [0.3, 0.4) is 0 Å². The van der Waals surface area contributed by atoms with E-state index in [9.17, 15) is 14.4 Å². The van der Waals surface area contributed by atoms with Crippen molar-refractivity contribution >= 4 is 35.9 Å². The highest BCUT2D eigenvalue weighted by molar-refractivity contribution is 6.35. The second-order valence-electron chi connectivity index (χ2n) is 10.7. The summed E-state index contributed by atoms with van der Waals surface area (Å²) in [6.07, 6.45) is 3.94. The first-order valence-corrected chi connectivity index (χ1v) is 13.2. The van der Waals surface area contributed by atoms with Crippen LogP contribution in [0.25, 0.3) is 16.7 Å². The zero-order valence-corrected chi connectivity index (χ0v) is 22.6. The summed E-state index contributed by atoms with van der Waals surface area (Å²) >= 11 is 6.16. The second-order valence-corrected chi connectivity index (χ2v) is 11.1. The fourth-order valence-electron chi connectivity index (χ4n) is 5.11. The molecule has 1 aliphatic carbocycles. The summed E-state index contributed by atoms with van der Waals surface area (Å²) in [7, 11) is 2.30. The summed E-state index contributed by atoms with van der Waals surface area (Å²) in [6.45, 7) is 12.0. The van der Waals surface area contributed by atoms with Crippen molar-refractivity contribution in [2.75, 3.05) is 24.5 Å². The summed E-state index contributed by atoms with van der Waals surface area (Å²) in [5, 5.41) is 10.8. The van der Waals surface area contributed by atoms with Crippen molar-refractivity contribution < 1.29 is 14.3 Å². The van der Waals surface area contributed by atoms with Crippen LogP contribution in [-0.4, -0.2) is 62.6 Å². The Morgan fingerprint density at radius 3 is 2.38 bits per heavy atom. The van der Waals surface area contributed by atoms with Gasteiger partial charge in [0.2, 0.25) is 7.41 Å². The molecule has 1 saturated carbocycles. The minimum atomic E-state index is -0.809. The first kappa shape index (κ1) is 25.8. The molecule has 3 aromatic rings. The van der Waals surface area contributed by atoms with Crippen molar-refractivity contribution in [2.45, 2.75) is 71.2 Å². The van der Waals surface area contributed by atoms with E-state index in [1.54, 1.807) is 0 Å². The van der Waals surface area contributed by atoms with Crippen molar-refractivity contribution in [1.29, 1.82) is 0 Å². The zero-order chi connectivity index (χ0) is 26.6. The molecule has 0 spiro atoms. The molecule has 4 heterocycles. The Morgan fingerprint density at radius 1 is 1.16 bits per heavy atom. The van der Waals surface area contributed by atoms with Crippen LogP contribution in [0.2, 0.25) is 11.0 Å². The number of nitrogens with zero attached hydrogens (tertiary/aromatic N) is 7. The monoisotopic (exact) mass is 527 g/mol. The molecular weight excluding hydrogens is 496 g/mol. The van der Waals surface area contributed by atoms with Gasteiger partial charge in [0.1, 0.15) is 11.7 Å². The summed E-state index contributed by atoms with van der Waals surface area (Å²) < 4.78 is 16.7. The molecule has 37 heavy (non-hydrogen) atoms. The lowest BCUT2D eigenvalue weighted by Crippen LogP contribution is -2.54. The van der Waals surface area contributed by atoms with Gasteiger partial charge in [-0.05, 0) is 41.2 Å². The number of halogens is 2. The van der Waals surface area contributed by atoms with Crippen molar-refractivity contribution in [3.05, 3.63) is 45.2 Å². The first-order valence-electron chi connectivity index (χ1n) is 12.8. The molecule has 3 aromatic heterocycles. The molecule has 195 valence electrons. The lowest BCUT2D eigenvalue weighted by atomic mass is 9.82. The standard InChI is InChI=1S/C25H32BClFN7O2/c1-13(2)19-21(20(14(3)4)30-12-29-19)34-24-17(10-18(28)22(27)35(24)37)23(31-25(34)36)33-9-8-32(11-15(33)5)26-16-6-7-16/h10,12-16,37H,6-9,11H2,1-5H3/q+1/t15-/m0/s1. The second kappa shape index (κ2) is 9.83. The fourth-order valence-corrected chi connectivity index (χ4v) is 5.25. The van der Waals surface area contributed by atoms with Crippen LogP contribution in [0, 0.1) is 5.82 Å². The van der Waals surface area contributed by atoms with E-state index in [0.29, 0.717) is 40.0 Å². The lowest BCUT2D eigenvalue weighted by molar-refractivity contribution is -0.885. The van der Waals surface area contributed by atoms with Gasteiger partial charge in [0.05, 0.1) is 11.4 Å². The third kappa shape index (κ3) is 4.67. The number of hydrogen-bond donors (Lipinski definition) is 1. The zero-order valence-electron chi connectivity index (χ0n) is 21.8. The Hall–Kier alpha value is -2.79. The van der Waals surface area contributed by atoms with Crippen LogP contribution in [0.4, 0.5) is 10.2 Å². The molecule has 2 aliphatic rings. The molecule has 1 atom stereocenters. The van der Waals surface area contributed by atoms with Crippen LogP contribution >= 0.6 is 11.6 Å². The molecule has 0 unspecified atom stereocenters. The quantitative estimate of drug-likeness (QED) is 0.227. The van der Waals surface area contributed by atoms with Crippen LogP contribution in [0.5, 0.6) is 0 Å². The number of aromatic nitrogens is 5. The molecule has 12 heteroatoms. The molecule has 1 aliphatic heterocycles. The van der Waals surface area contributed by atoms with Crippen molar-refractivity contribution in [2.24, 2.45) is 0 Å². The number of anilines is 1. The highest BCUT2D eigenvalue weighted by atomic mass is 35.5. The summed E-state index contributed by atoms with van der Waals surface area (Å²) in [5.74, 6) is 0.0506. The minimum absolute atomic E-state index is 0.0121. The third-order valence-electron chi connectivity index (χ3n) is 7.11. The van der Waals surface area contributed by atoms with Gasteiger partial charge in [-0.15, -0.1) is 4.57 Å². The Morgan fingerprint density at radius 2 is 1.81 bits per heavy atom. The maximum atomic E-state index is 14.9. The smallest absolute Gasteiger partial charge is 0.350 e. The highest BCUT2D eigenvalue weighted by Gasteiger charge is 2.36. The van der Waals surface area contributed by atoms with Gasteiger partial charge in [-0.3, -0.25) is 0 Å². The SMILES string of the molecule is CC(C)c1ncnc(C(C)C)c1-n1c(=O)nc(N2CCN([B]C3CC3)C[C@@H]2C)c2cc(F)c(Cl)[n+](O)c21. The van der Waals surface area contributed by atoms with Crippen LogP contribution in [-0.2, 0) is 0 Å².